The summed E-state index contributed by atoms with van der Waals surface area (Å²) in [5.41, 5.74) is 7.05. The van der Waals surface area contributed by atoms with Gasteiger partial charge in [0.2, 0.25) is 17.8 Å². The molecule has 186 valence electrons. The third-order valence-corrected chi connectivity index (χ3v) is 7.42. The third kappa shape index (κ3) is 4.55. The number of hydrogen-bond donors (Lipinski definition) is 2. The number of amides is 2. The number of urea groups is 1. The number of aromatic nitrogens is 4. The van der Waals surface area contributed by atoms with Gasteiger partial charge in [0.05, 0.1) is 32.1 Å². The summed E-state index contributed by atoms with van der Waals surface area (Å²) >= 11 is 0. The second-order valence-electron chi connectivity index (χ2n) is 9.64. The van der Waals surface area contributed by atoms with Gasteiger partial charge >= 0.3 is 6.03 Å². The molecule has 12 nitrogen and oxygen atoms in total. The van der Waals surface area contributed by atoms with Gasteiger partial charge in [-0.15, -0.1) is 0 Å². The number of hydrogen-bond acceptors (Lipinski definition) is 10. The average molecular weight is 483 g/mol. The summed E-state index contributed by atoms with van der Waals surface area (Å²) in [6.07, 6.45) is 4.77. The minimum atomic E-state index is -0.0214. The number of nitrogens with one attached hydrogen (secondary N) is 1. The van der Waals surface area contributed by atoms with Crippen LogP contribution in [0.2, 0.25) is 0 Å². The van der Waals surface area contributed by atoms with Gasteiger partial charge in [-0.25, -0.2) is 19.7 Å². The molecule has 2 aromatic heterocycles. The first-order valence-corrected chi connectivity index (χ1v) is 12.1. The molecule has 2 aromatic rings. The van der Waals surface area contributed by atoms with Crippen LogP contribution in [-0.4, -0.2) is 95.6 Å². The maximum atomic E-state index is 12.6. The Labute approximate surface area is 203 Å². The molecule has 0 radical (unpaired) electrons. The van der Waals surface area contributed by atoms with Gasteiger partial charge in [-0.3, -0.25) is 0 Å². The number of rotatable bonds is 6. The van der Waals surface area contributed by atoms with Gasteiger partial charge in [0.15, 0.2) is 0 Å². The highest BCUT2D eigenvalue weighted by molar-refractivity contribution is 5.75. The molecule has 0 spiro atoms. The van der Waals surface area contributed by atoms with Crippen LogP contribution >= 0.6 is 0 Å². The van der Waals surface area contributed by atoms with Crippen molar-refractivity contribution in [3.05, 3.63) is 18.5 Å². The summed E-state index contributed by atoms with van der Waals surface area (Å²) in [5, 5.41) is 3.15. The van der Waals surface area contributed by atoms with Gasteiger partial charge < -0.3 is 35.1 Å². The zero-order valence-electron chi connectivity index (χ0n) is 19.7. The highest BCUT2D eigenvalue weighted by Gasteiger charge is 2.55. The van der Waals surface area contributed by atoms with E-state index in [0.29, 0.717) is 55.7 Å². The van der Waals surface area contributed by atoms with Crippen molar-refractivity contribution in [1.29, 1.82) is 0 Å². The number of nitrogens with zero attached hydrogens (tertiary/aromatic N) is 6. The Kier molecular flexibility index (Phi) is 5.77. The Hall–Kier alpha value is -3.25. The van der Waals surface area contributed by atoms with Crippen LogP contribution in [0.25, 0.3) is 11.3 Å². The van der Waals surface area contributed by atoms with Crippen LogP contribution in [0, 0.1) is 11.8 Å². The van der Waals surface area contributed by atoms with E-state index in [-0.39, 0.29) is 30.2 Å². The molecular formula is C23H30N8O4. The largest absolute Gasteiger partial charge is 0.474 e. The summed E-state index contributed by atoms with van der Waals surface area (Å²) in [5.74, 6) is 2.27. The lowest BCUT2D eigenvalue weighted by molar-refractivity contribution is 0.0400. The van der Waals surface area contributed by atoms with Gasteiger partial charge in [-0.05, 0) is 0 Å². The van der Waals surface area contributed by atoms with Crippen molar-refractivity contribution in [3.63, 3.8) is 0 Å². The molecule has 2 aliphatic heterocycles. The van der Waals surface area contributed by atoms with Crippen molar-refractivity contribution in [3.8, 4) is 17.1 Å². The van der Waals surface area contributed by atoms with E-state index in [1.165, 1.54) is 0 Å². The second kappa shape index (κ2) is 9.08. The Balaban J connectivity index is 1.10. The van der Waals surface area contributed by atoms with Crippen LogP contribution in [0.5, 0.6) is 5.88 Å². The molecule has 3 atom stereocenters. The number of nitrogens with two attached hydrogens (primary N) is 1. The number of carbonyl (C=O) groups excluding carboxylic acids is 1. The number of carbonyl (C=O) groups is 1. The molecule has 3 N–H and O–H groups in total. The number of anilines is 2. The fourth-order valence-electron chi connectivity index (χ4n) is 4.98. The van der Waals surface area contributed by atoms with Crippen LogP contribution < -0.4 is 20.7 Å². The highest BCUT2D eigenvalue weighted by Crippen LogP contribution is 2.44. The lowest BCUT2D eigenvalue weighted by atomic mass is 9.88. The molecule has 0 bridgehead atoms. The highest BCUT2D eigenvalue weighted by atomic mass is 16.5. The van der Waals surface area contributed by atoms with Crippen LogP contribution in [-0.2, 0) is 9.47 Å². The lowest BCUT2D eigenvalue weighted by Crippen LogP contribution is -2.53. The number of nitrogen functional groups attached to an aromatic ring is 1. The predicted molar refractivity (Wildman–Crippen MR) is 126 cm³/mol. The minimum Gasteiger partial charge on any atom is -0.474 e. The Morgan fingerprint density at radius 2 is 1.86 bits per heavy atom. The fourth-order valence-corrected chi connectivity index (χ4v) is 4.98. The van der Waals surface area contributed by atoms with Gasteiger partial charge in [-0.2, -0.15) is 4.98 Å². The van der Waals surface area contributed by atoms with Crippen molar-refractivity contribution in [2.45, 2.75) is 31.0 Å². The van der Waals surface area contributed by atoms with Crippen molar-refractivity contribution in [2.24, 2.45) is 11.8 Å². The Morgan fingerprint density at radius 1 is 1.14 bits per heavy atom. The normalized spacial score (nSPS) is 29.2. The summed E-state index contributed by atoms with van der Waals surface area (Å²) in [4.78, 5) is 34.1. The third-order valence-electron chi connectivity index (χ3n) is 7.42. The van der Waals surface area contributed by atoms with E-state index in [0.717, 1.165) is 31.6 Å². The summed E-state index contributed by atoms with van der Waals surface area (Å²) in [6.45, 7) is 4.19. The SMILES string of the molecule is CN(C(=O)NC1[C@H]2COC[C@@H]12)C1CC(Oc2cc(-c3cnc(N)nc3)nc(N3CCOCC3)n2)C1. The van der Waals surface area contributed by atoms with Crippen molar-refractivity contribution < 1.29 is 19.0 Å². The Morgan fingerprint density at radius 3 is 2.57 bits per heavy atom. The standard InChI is InChI=1S/C23H30N8O4/c1-30(23(32)29-20-16-11-34-12-17(16)20)14-6-15(7-14)35-19-8-18(13-9-25-21(24)26-10-13)27-22(28-19)31-2-4-33-5-3-31/h8-10,14-17,20H,2-7,11-12H2,1H3,(H,29,32)(H2,24,25,26)/t14?,15?,16-,17+,20?. The van der Waals surface area contributed by atoms with E-state index in [1.807, 2.05) is 7.05 Å². The minimum absolute atomic E-state index is 0.0184. The molecule has 4 aliphatic rings. The molecule has 2 saturated heterocycles. The van der Waals surface area contributed by atoms with Crippen LogP contribution in [0.4, 0.5) is 16.7 Å². The second-order valence-corrected chi connectivity index (χ2v) is 9.64. The molecule has 6 rings (SSSR count). The molecule has 0 aromatic carbocycles. The average Bonchev–Trinajstić information content (AvgIpc) is 3.25. The first kappa shape index (κ1) is 22.2. The monoisotopic (exact) mass is 482 g/mol. The van der Waals surface area contributed by atoms with Crippen molar-refractivity contribution in [1.82, 2.24) is 30.2 Å². The van der Waals surface area contributed by atoms with Crippen molar-refractivity contribution in [2.75, 3.05) is 57.2 Å². The molecular weight excluding hydrogens is 452 g/mol. The van der Waals surface area contributed by atoms with E-state index < -0.39 is 0 Å². The molecule has 1 unspecified atom stereocenters. The molecule has 2 saturated carbocycles. The zero-order valence-corrected chi connectivity index (χ0v) is 19.7. The van der Waals surface area contributed by atoms with Gasteiger partial charge in [0.1, 0.15) is 6.10 Å². The van der Waals surface area contributed by atoms with E-state index >= 15 is 0 Å². The predicted octanol–water partition coefficient (Wildman–Crippen LogP) is 0.548. The summed E-state index contributed by atoms with van der Waals surface area (Å²) < 4.78 is 17.1. The zero-order chi connectivity index (χ0) is 23.9. The van der Waals surface area contributed by atoms with E-state index in [1.54, 1.807) is 23.4 Å². The first-order chi connectivity index (χ1) is 17.0. The van der Waals surface area contributed by atoms with Crippen LogP contribution in [0.1, 0.15) is 12.8 Å². The molecule has 12 heteroatoms. The number of morpholine rings is 1. The number of ether oxygens (including phenoxy) is 3. The fraction of sp³-hybridized carbons (Fsp3) is 0.609. The topological polar surface area (TPSA) is 141 Å². The molecule has 4 fully saturated rings. The van der Waals surface area contributed by atoms with Crippen molar-refractivity contribution >= 4 is 17.9 Å². The quantitative estimate of drug-likeness (QED) is 0.599. The molecule has 35 heavy (non-hydrogen) atoms. The van der Waals surface area contributed by atoms with Crippen LogP contribution in [0.15, 0.2) is 18.5 Å². The van der Waals surface area contributed by atoms with E-state index in [9.17, 15) is 4.79 Å². The van der Waals surface area contributed by atoms with Gasteiger partial charge in [0, 0.05) is 80.9 Å². The number of fused-ring (bicyclic) bond motifs is 1. The molecule has 2 amide bonds. The van der Waals surface area contributed by atoms with E-state index in [2.05, 4.69) is 25.2 Å². The van der Waals surface area contributed by atoms with Gasteiger partial charge in [0.25, 0.3) is 0 Å². The smallest absolute Gasteiger partial charge is 0.317 e. The maximum Gasteiger partial charge on any atom is 0.317 e. The summed E-state index contributed by atoms with van der Waals surface area (Å²) in [6, 6.07) is 2.19. The first-order valence-electron chi connectivity index (χ1n) is 12.1. The lowest BCUT2D eigenvalue weighted by Gasteiger charge is -2.40. The Bertz CT molecular complexity index is 1060. The van der Waals surface area contributed by atoms with Gasteiger partial charge in [-0.1, -0.05) is 0 Å². The molecule has 4 heterocycles. The maximum absolute atomic E-state index is 12.6. The van der Waals surface area contributed by atoms with Crippen LogP contribution in [0.3, 0.4) is 0 Å². The molecule has 2 aliphatic carbocycles. The summed E-state index contributed by atoms with van der Waals surface area (Å²) in [7, 11) is 1.85. The van der Waals surface area contributed by atoms with E-state index in [4.69, 9.17) is 24.9 Å².